The topological polar surface area (TPSA) is 37.3 Å². The van der Waals surface area contributed by atoms with E-state index in [1.165, 1.54) is 0 Å². The third kappa shape index (κ3) is 2.95. The van der Waals surface area contributed by atoms with E-state index in [-0.39, 0.29) is 5.41 Å². The summed E-state index contributed by atoms with van der Waals surface area (Å²) in [5, 5.41) is 8.57. The highest BCUT2D eigenvalue weighted by atomic mass is 33.1. The van der Waals surface area contributed by atoms with E-state index in [9.17, 15) is 4.79 Å². The third-order valence-corrected chi connectivity index (χ3v) is 3.99. The molecule has 1 aliphatic rings. The van der Waals surface area contributed by atoms with E-state index < -0.39 is 5.97 Å². The van der Waals surface area contributed by atoms with Crippen LogP contribution in [0.2, 0.25) is 0 Å². The smallest absolute Gasteiger partial charge is 0.303 e. The van der Waals surface area contributed by atoms with Crippen LogP contribution in [0, 0.1) is 5.41 Å². The summed E-state index contributed by atoms with van der Waals surface area (Å²) in [6.45, 7) is 0. The van der Waals surface area contributed by atoms with Gasteiger partial charge >= 0.3 is 5.97 Å². The predicted molar refractivity (Wildman–Crippen MR) is 49.9 cm³/mol. The molecule has 11 heavy (non-hydrogen) atoms. The van der Waals surface area contributed by atoms with Crippen LogP contribution >= 0.6 is 21.6 Å². The summed E-state index contributed by atoms with van der Waals surface area (Å²) in [6, 6.07) is 0. The molecule has 1 N–H and O–H groups in total. The molecule has 1 fully saturated rings. The summed E-state index contributed by atoms with van der Waals surface area (Å²) in [5.41, 5.74) is 0.166. The second-order valence-electron chi connectivity index (χ2n) is 3.00. The van der Waals surface area contributed by atoms with Crippen molar-refractivity contribution >= 4 is 27.6 Å². The van der Waals surface area contributed by atoms with Crippen molar-refractivity contribution < 1.29 is 9.90 Å². The number of carbonyl (C=O) groups is 1. The first-order valence-electron chi connectivity index (χ1n) is 3.56. The van der Waals surface area contributed by atoms with E-state index in [4.69, 9.17) is 5.11 Å². The van der Waals surface area contributed by atoms with Crippen molar-refractivity contribution in [2.75, 3.05) is 12.0 Å². The molecule has 1 aliphatic carbocycles. The Morgan fingerprint density at radius 2 is 2.27 bits per heavy atom. The lowest BCUT2D eigenvalue weighted by molar-refractivity contribution is -0.138. The lowest BCUT2D eigenvalue weighted by atomic mass is 10.1. The van der Waals surface area contributed by atoms with Crippen molar-refractivity contribution in [3.8, 4) is 0 Å². The number of rotatable bonds is 5. The number of carboxylic acid groups (broad SMARTS) is 1. The van der Waals surface area contributed by atoms with Crippen LogP contribution in [0.1, 0.15) is 19.3 Å². The summed E-state index contributed by atoms with van der Waals surface area (Å²) in [7, 11) is 3.49. The minimum Gasteiger partial charge on any atom is -0.481 e. The van der Waals surface area contributed by atoms with Crippen LogP contribution in [0.5, 0.6) is 0 Å². The Morgan fingerprint density at radius 1 is 1.64 bits per heavy atom. The zero-order chi connectivity index (χ0) is 8.32. The molecular weight excluding hydrogens is 180 g/mol. The molecule has 1 saturated carbocycles. The third-order valence-electron chi connectivity index (χ3n) is 1.97. The van der Waals surface area contributed by atoms with Gasteiger partial charge in [-0.1, -0.05) is 21.6 Å². The maximum Gasteiger partial charge on any atom is 0.303 e. The fraction of sp³-hybridized carbons (Fsp3) is 0.857. The van der Waals surface area contributed by atoms with Crippen LogP contribution < -0.4 is 0 Å². The Bertz CT molecular complexity index is 155. The Hall–Kier alpha value is 0.170. The fourth-order valence-corrected chi connectivity index (χ4v) is 2.92. The molecule has 64 valence electrons. The maximum absolute atomic E-state index is 10.4. The first-order chi connectivity index (χ1) is 5.18. The van der Waals surface area contributed by atoms with Crippen molar-refractivity contribution in [2.45, 2.75) is 19.3 Å². The Labute approximate surface area is 74.5 Å². The molecule has 0 aromatic rings. The minimum atomic E-state index is -0.649. The molecule has 0 heterocycles. The molecule has 0 amide bonds. The highest BCUT2D eigenvalue weighted by molar-refractivity contribution is 8.76. The van der Waals surface area contributed by atoms with Crippen LogP contribution in [-0.4, -0.2) is 23.1 Å². The van der Waals surface area contributed by atoms with Gasteiger partial charge in [-0.2, -0.15) is 0 Å². The van der Waals surface area contributed by atoms with Crippen LogP contribution in [0.25, 0.3) is 0 Å². The van der Waals surface area contributed by atoms with Gasteiger partial charge in [0.2, 0.25) is 0 Å². The summed E-state index contributed by atoms with van der Waals surface area (Å²) in [5.74, 6) is 0.352. The van der Waals surface area contributed by atoms with Crippen LogP contribution in [-0.2, 0) is 4.79 Å². The van der Waals surface area contributed by atoms with E-state index in [1.807, 2.05) is 6.26 Å². The molecular formula is C7H12O2S2. The van der Waals surface area contributed by atoms with Gasteiger partial charge in [0.25, 0.3) is 0 Å². The van der Waals surface area contributed by atoms with Gasteiger partial charge in [0, 0.05) is 5.75 Å². The zero-order valence-electron chi connectivity index (χ0n) is 6.50. The molecule has 2 nitrogen and oxygen atoms in total. The second kappa shape index (κ2) is 3.72. The second-order valence-corrected chi connectivity index (χ2v) is 5.56. The van der Waals surface area contributed by atoms with E-state index >= 15 is 0 Å². The molecule has 1 rings (SSSR count). The number of hydrogen-bond donors (Lipinski definition) is 1. The molecule has 0 unspecified atom stereocenters. The minimum absolute atomic E-state index is 0.166. The SMILES string of the molecule is CSSCC1(CC(=O)O)CC1. The van der Waals surface area contributed by atoms with Gasteiger partial charge in [-0.15, -0.1) is 0 Å². The van der Waals surface area contributed by atoms with Gasteiger partial charge in [-0.3, -0.25) is 4.79 Å². The maximum atomic E-state index is 10.4. The average Bonchev–Trinajstić information content (AvgIpc) is 2.64. The van der Waals surface area contributed by atoms with Gasteiger partial charge in [0.15, 0.2) is 0 Å². The van der Waals surface area contributed by atoms with Crippen LogP contribution in [0.3, 0.4) is 0 Å². The number of hydrogen-bond acceptors (Lipinski definition) is 3. The number of carboxylic acids is 1. The lowest BCUT2D eigenvalue weighted by Gasteiger charge is -2.09. The largest absolute Gasteiger partial charge is 0.481 e. The van der Waals surface area contributed by atoms with Gasteiger partial charge in [-0.05, 0) is 24.5 Å². The van der Waals surface area contributed by atoms with E-state index in [0.29, 0.717) is 6.42 Å². The van der Waals surface area contributed by atoms with Crippen LogP contribution in [0.15, 0.2) is 0 Å². The summed E-state index contributed by atoms with van der Waals surface area (Å²) >= 11 is 0. The molecule has 0 aromatic heterocycles. The standard InChI is InChI=1S/C7H12O2S2/c1-10-11-5-7(2-3-7)4-6(8)9/h2-5H2,1H3,(H,8,9). The van der Waals surface area contributed by atoms with Crippen molar-refractivity contribution in [1.82, 2.24) is 0 Å². The number of aliphatic carboxylic acids is 1. The molecule has 0 atom stereocenters. The Morgan fingerprint density at radius 3 is 2.64 bits per heavy atom. The Kier molecular flexibility index (Phi) is 3.13. The quantitative estimate of drug-likeness (QED) is 0.678. The first-order valence-corrected chi connectivity index (χ1v) is 6.29. The molecule has 0 aromatic carbocycles. The van der Waals surface area contributed by atoms with E-state index in [1.54, 1.807) is 21.6 Å². The van der Waals surface area contributed by atoms with Crippen LogP contribution in [0.4, 0.5) is 0 Å². The van der Waals surface area contributed by atoms with Crippen molar-refractivity contribution in [3.05, 3.63) is 0 Å². The summed E-state index contributed by atoms with van der Waals surface area (Å²) < 4.78 is 0. The molecule has 0 spiro atoms. The van der Waals surface area contributed by atoms with Gasteiger partial charge < -0.3 is 5.11 Å². The van der Waals surface area contributed by atoms with E-state index in [0.717, 1.165) is 18.6 Å². The predicted octanol–water partition coefficient (Wildman–Crippen LogP) is 2.25. The summed E-state index contributed by atoms with van der Waals surface area (Å²) in [4.78, 5) is 10.4. The van der Waals surface area contributed by atoms with Gasteiger partial charge in [0.1, 0.15) is 0 Å². The molecule has 0 bridgehead atoms. The van der Waals surface area contributed by atoms with Crippen molar-refractivity contribution in [3.63, 3.8) is 0 Å². The fourth-order valence-electron chi connectivity index (χ4n) is 1.05. The van der Waals surface area contributed by atoms with Crippen molar-refractivity contribution in [2.24, 2.45) is 5.41 Å². The monoisotopic (exact) mass is 192 g/mol. The Balaban J connectivity index is 2.23. The van der Waals surface area contributed by atoms with Gasteiger partial charge in [-0.25, -0.2) is 0 Å². The molecule has 0 aliphatic heterocycles. The summed E-state index contributed by atoms with van der Waals surface area (Å²) in [6.07, 6.45) is 4.60. The molecule has 0 saturated heterocycles. The highest BCUT2D eigenvalue weighted by Gasteiger charge is 2.44. The lowest BCUT2D eigenvalue weighted by Crippen LogP contribution is -2.10. The normalized spacial score (nSPS) is 19.7. The average molecular weight is 192 g/mol. The van der Waals surface area contributed by atoms with E-state index in [2.05, 4.69) is 0 Å². The highest BCUT2D eigenvalue weighted by Crippen LogP contribution is 2.52. The first kappa shape index (κ1) is 9.26. The zero-order valence-corrected chi connectivity index (χ0v) is 8.13. The molecule has 0 radical (unpaired) electrons. The van der Waals surface area contributed by atoms with Crippen molar-refractivity contribution in [1.29, 1.82) is 0 Å². The van der Waals surface area contributed by atoms with Gasteiger partial charge in [0.05, 0.1) is 6.42 Å². The molecule has 4 heteroatoms.